The van der Waals surface area contributed by atoms with Crippen molar-refractivity contribution >= 4 is 39.5 Å². The average molecular weight is 319 g/mol. The number of carbonyl (C=O) groups is 3. The highest BCUT2D eigenvalue weighted by Gasteiger charge is 2.29. The highest BCUT2D eigenvalue weighted by atomic mass is 32.1. The van der Waals surface area contributed by atoms with Gasteiger partial charge >= 0.3 is 12.0 Å². The summed E-state index contributed by atoms with van der Waals surface area (Å²) in [5.41, 5.74) is 0.879. The van der Waals surface area contributed by atoms with Gasteiger partial charge in [0.2, 0.25) is 0 Å². The molecule has 0 spiro atoms. The van der Waals surface area contributed by atoms with E-state index < -0.39 is 23.9 Å². The maximum absolute atomic E-state index is 11.7. The molecule has 7 nitrogen and oxygen atoms in total. The van der Waals surface area contributed by atoms with Crippen molar-refractivity contribution in [3.05, 3.63) is 29.3 Å². The van der Waals surface area contributed by atoms with Gasteiger partial charge in [-0.25, -0.2) is 9.78 Å². The number of ether oxygens (including phenoxy) is 1. The van der Waals surface area contributed by atoms with E-state index in [9.17, 15) is 14.4 Å². The molecule has 3 rings (SSSR count). The minimum absolute atomic E-state index is 0.0588. The lowest BCUT2D eigenvalue weighted by Crippen LogP contribution is -2.29. The van der Waals surface area contributed by atoms with E-state index in [2.05, 4.69) is 15.6 Å². The van der Waals surface area contributed by atoms with Gasteiger partial charge in [0.1, 0.15) is 17.7 Å². The smallest absolute Gasteiger partial charge is 0.322 e. The molecule has 1 aliphatic rings. The molecule has 2 heterocycles. The third kappa shape index (κ3) is 3.22. The van der Waals surface area contributed by atoms with Crippen molar-refractivity contribution in [3.63, 3.8) is 0 Å². The number of nitrogens with zero attached hydrogens (tertiary/aromatic N) is 1. The number of esters is 1. The van der Waals surface area contributed by atoms with Gasteiger partial charge in [0.05, 0.1) is 10.2 Å². The monoisotopic (exact) mass is 319 g/mol. The number of hydrogen-bond donors (Lipinski definition) is 2. The number of rotatable bonds is 5. The van der Waals surface area contributed by atoms with Crippen molar-refractivity contribution in [2.75, 3.05) is 0 Å². The summed E-state index contributed by atoms with van der Waals surface area (Å²) in [5, 5.41) is 5.27. The molecule has 1 aliphatic heterocycles. The summed E-state index contributed by atoms with van der Waals surface area (Å²) < 4.78 is 6.18. The number of carbonyl (C=O) groups excluding carboxylic acids is 3. The van der Waals surface area contributed by atoms with E-state index in [4.69, 9.17) is 4.74 Å². The average Bonchev–Trinajstić information content (AvgIpc) is 3.05. The Hall–Kier alpha value is -2.48. The highest BCUT2D eigenvalue weighted by molar-refractivity contribution is 7.18. The molecule has 0 aliphatic carbocycles. The zero-order valence-corrected chi connectivity index (χ0v) is 12.3. The lowest BCUT2D eigenvalue weighted by Gasteiger charge is -2.06. The molecule has 1 aromatic carbocycles. The predicted octanol–water partition coefficient (Wildman–Crippen LogP) is 1.33. The number of hydrogen-bond acceptors (Lipinski definition) is 6. The third-order valence-electron chi connectivity index (χ3n) is 3.19. The summed E-state index contributed by atoms with van der Waals surface area (Å²) in [5.74, 6) is -0.836. The Morgan fingerprint density at radius 2 is 2.14 bits per heavy atom. The van der Waals surface area contributed by atoms with E-state index in [0.717, 1.165) is 15.2 Å². The number of para-hydroxylation sites is 1. The van der Waals surface area contributed by atoms with Gasteiger partial charge in [0, 0.05) is 6.42 Å². The summed E-state index contributed by atoms with van der Waals surface area (Å²) in [4.78, 5) is 38.3. The minimum Gasteiger partial charge on any atom is -0.458 e. The fourth-order valence-electron chi connectivity index (χ4n) is 2.12. The van der Waals surface area contributed by atoms with Gasteiger partial charge in [-0.3, -0.25) is 14.9 Å². The van der Waals surface area contributed by atoms with Crippen LogP contribution in [-0.4, -0.2) is 28.9 Å². The van der Waals surface area contributed by atoms with E-state index in [1.165, 1.54) is 11.3 Å². The van der Waals surface area contributed by atoms with Crippen molar-refractivity contribution in [1.82, 2.24) is 15.6 Å². The second-order valence-electron chi connectivity index (χ2n) is 4.79. The first-order valence-corrected chi connectivity index (χ1v) is 7.55. The molecular formula is C14H13N3O4S. The molecule has 1 atom stereocenters. The van der Waals surface area contributed by atoms with Crippen LogP contribution >= 0.6 is 11.3 Å². The SMILES string of the molecule is O=C1NC(=O)C(CCC(=O)OCc2nc3ccccc3s2)N1. The number of nitrogens with one attached hydrogen (secondary N) is 2. The van der Waals surface area contributed by atoms with Crippen molar-refractivity contribution in [2.45, 2.75) is 25.5 Å². The number of imide groups is 1. The number of urea groups is 1. The number of amides is 3. The van der Waals surface area contributed by atoms with Crippen LogP contribution < -0.4 is 10.6 Å². The van der Waals surface area contributed by atoms with Crippen LogP contribution in [0.5, 0.6) is 0 Å². The Morgan fingerprint density at radius 3 is 2.86 bits per heavy atom. The lowest BCUT2D eigenvalue weighted by molar-refractivity contribution is -0.145. The molecule has 1 unspecified atom stereocenters. The summed E-state index contributed by atoms with van der Waals surface area (Å²) in [6, 6.07) is 6.49. The van der Waals surface area contributed by atoms with E-state index in [-0.39, 0.29) is 19.4 Å². The Balaban J connectivity index is 1.48. The van der Waals surface area contributed by atoms with Gasteiger partial charge in [-0.15, -0.1) is 11.3 Å². The molecule has 8 heteroatoms. The van der Waals surface area contributed by atoms with Crippen LogP contribution in [0.3, 0.4) is 0 Å². The van der Waals surface area contributed by atoms with Crippen LogP contribution in [-0.2, 0) is 20.9 Å². The maximum atomic E-state index is 11.7. The molecule has 22 heavy (non-hydrogen) atoms. The minimum atomic E-state index is -0.664. The largest absolute Gasteiger partial charge is 0.458 e. The number of fused-ring (bicyclic) bond motifs is 1. The molecule has 1 saturated heterocycles. The molecular weight excluding hydrogens is 306 g/mol. The first kappa shape index (κ1) is 14.5. The topological polar surface area (TPSA) is 97.4 Å². The van der Waals surface area contributed by atoms with Crippen molar-refractivity contribution in [1.29, 1.82) is 0 Å². The first-order valence-electron chi connectivity index (χ1n) is 6.73. The summed E-state index contributed by atoms with van der Waals surface area (Å²) in [6.45, 7) is 0.113. The first-order chi connectivity index (χ1) is 10.6. The zero-order chi connectivity index (χ0) is 15.5. The summed E-state index contributed by atoms with van der Waals surface area (Å²) in [7, 11) is 0. The molecule has 0 bridgehead atoms. The van der Waals surface area contributed by atoms with Crippen LogP contribution in [0.25, 0.3) is 10.2 Å². The fraction of sp³-hybridized carbons (Fsp3) is 0.286. The molecule has 114 valence electrons. The number of thiazole rings is 1. The van der Waals surface area contributed by atoms with Crippen LogP contribution in [0, 0.1) is 0 Å². The van der Waals surface area contributed by atoms with Crippen molar-refractivity contribution in [2.24, 2.45) is 0 Å². The van der Waals surface area contributed by atoms with Crippen LogP contribution in [0.15, 0.2) is 24.3 Å². The quantitative estimate of drug-likeness (QED) is 0.640. The van der Waals surface area contributed by atoms with Gasteiger partial charge < -0.3 is 10.1 Å². The lowest BCUT2D eigenvalue weighted by atomic mass is 10.1. The molecule has 2 N–H and O–H groups in total. The molecule has 0 radical (unpaired) electrons. The molecule has 2 aromatic rings. The second kappa shape index (κ2) is 6.10. The Labute approximate surface area is 129 Å². The van der Waals surface area contributed by atoms with Crippen LogP contribution in [0.4, 0.5) is 4.79 Å². The molecule has 1 fully saturated rings. The Kier molecular flexibility index (Phi) is 4.01. The summed E-state index contributed by atoms with van der Waals surface area (Å²) in [6.07, 6.45) is 0.277. The Morgan fingerprint density at radius 1 is 1.32 bits per heavy atom. The molecule has 0 saturated carbocycles. The van der Waals surface area contributed by atoms with Gasteiger partial charge in [-0.1, -0.05) is 12.1 Å². The second-order valence-corrected chi connectivity index (χ2v) is 5.91. The van der Waals surface area contributed by atoms with E-state index in [1.54, 1.807) is 0 Å². The van der Waals surface area contributed by atoms with Gasteiger partial charge in [0.25, 0.3) is 5.91 Å². The fourth-order valence-corrected chi connectivity index (χ4v) is 3.00. The van der Waals surface area contributed by atoms with E-state index in [1.807, 2.05) is 24.3 Å². The van der Waals surface area contributed by atoms with Crippen molar-refractivity contribution in [3.8, 4) is 0 Å². The number of aromatic nitrogens is 1. The van der Waals surface area contributed by atoms with Gasteiger partial charge in [0.15, 0.2) is 0 Å². The van der Waals surface area contributed by atoms with Gasteiger partial charge in [-0.2, -0.15) is 0 Å². The van der Waals surface area contributed by atoms with Crippen molar-refractivity contribution < 1.29 is 19.1 Å². The standard InChI is InChI=1S/C14H13N3O4S/c18-12(6-5-9-13(19)17-14(20)16-9)21-7-11-15-8-3-1-2-4-10(8)22-11/h1-4,9H,5-7H2,(H2,16,17,19,20). The molecule has 1 aromatic heterocycles. The van der Waals surface area contributed by atoms with E-state index >= 15 is 0 Å². The Bertz CT molecular complexity index is 710. The predicted molar refractivity (Wildman–Crippen MR) is 79.1 cm³/mol. The molecule has 3 amide bonds. The summed E-state index contributed by atoms with van der Waals surface area (Å²) >= 11 is 1.47. The normalized spacial score (nSPS) is 17.4. The third-order valence-corrected chi connectivity index (χ3v) is 4.20. The van der Waals surface area contributed by atoms with Gasteiger partial charge in [-0.05, 0) is 18.6 Å². The maximum Gasteiger partial charge on any atom is 0.322 e. The van der Waals surface area contributed by atoms with Crippen LogP contribution in [0.1, 0.15) is 17.8 Å². The number of benzene rings is 1. The van der Waals surface area contributed by atoms with Crippen LogP contribution in [0.2, 0.25) is 0 Å². The zero-order valence-electron chi connectivity index (χ0n) is 11.5. The highest BCUT2D eigenvalue weighted by Crippen LogP contribution is 2.22. The van der Waals surface area contributed by atoms with E-state index in [0.29, 0.717) is 0 Å².